The molecule has 2 aromatic rings. The Hall–Kier alpha value is -1.84. The van der Waals surface area contributed by atoms with Crippen molar-refractivity contribution in [3.8, 4) is 11.4 Å². The third-order valence-electron chi connectivity index (χ3n) is 1.80. The average molecular weight is 174 g/mol. The quantitative estimate of drug-likeness (QED) is 0.658. The summed E-state index contributed by atoms with van der Waals surface area (Å²) in [6.45, 7) is 0. The van der Waals surface area contributed by atoms with Crippen molar-refractivity contribution in [2.45, 2.75) is 0 Å². The summed E-state index contributed by atoms with van der Waals surface area (Å²) in [5, 5.41) is 4.17. The van der Waals surface area contributed by atoms with Crippen molar-refractivity contribution >= 4 is 5.69 Å². The first-order chi connectivity index (χ1) is 6.27. The molecule has 0 aliphatic rings. The van der Waals surface area contributed by atoms with Crippen molar-refractivity contribution in [3.63, 3.8) is 0 Å². The van der Waals surface area contributed by atoms with Crippen LogP contribution in [0.3, 0.4) is 0 Å². The highest BCUT2D eigenvalue weighted by atomic mass is 15.3. The first-order valence-corrected chi connectivity index (χ1v) is 3.98. The number of hydrogen-bond acceptors (Lipinski definition) is 3. The zero-order valence-electron chi connectivity index (χ0n) is 7.31. The standard InChI is InChI=1S/C9H10N4/c1-13-6-11-9(12-13)7-4-2-3-5-8(7)10/h2-6H,10H2,1H3. The Labute approximate surface area is 76.0 Å². The highest BCUT2D eigenvalue weighted by Gasteiger charge is 2.04. The maximum absolute atomic E-state index is 5.77. The lowest BCUT2D eigenvalue weighted by Gasteiger charge is -1.98. The lowest BCUT2D eigenvalue weighted by molar-refractivity contribution is 0.768. The number of nitrogens with two attached hydrogens (primary N) is 1. The number of rotatable bonds is 1. The van der Waals surface area contributed by atoms with Gasteiger partial charge in [-0.25, -0.2) is 4.98 Å². The monoisotopic (exact) mass is 174 g/mol. The van der Waals surface area contributed by atoms with Gasteiger partial charge in [-0.05, 0) is 12.1 Å². The Balaban J connectivity index is 2.52. The number of para-hydroxylation sites is 1. The summed E-state index contributed by atoms with van der Waals surface area (Å²) in [5.74, 6) is 0.667. The van der Waals surface area contributed by atoms with Gasteiger partial charge in [-0.2, -0.15) is 5.10 Å². The van der Waals surface area contributed by atoms with Gasteiger partial charge < -0.3 is 5.73 Å². The smallest absolute Gasteiger partial charge is 0.183 e. The van der Waals surface area contributed by atoms with Gasteiger partial charge in [0.15, 0.2) is 5.82 Å². The van der Waals surface area contributed by atoms with Crippen LogP contribution in [0.4, 0.5) is 5.69 Å². The van der Waals surface area contributed by atoms with Gasteiger partial charge in [0.1, 0.15) is 6.33 Å². The van der Waals surface area contributed by atoms with Crippen molar-refractivity contribution < 1.29 is 0 Å². The Kier molecular flexibility index (Phi) is 1.73. The Morgan fingerprint density at radius 1 is 1.31 bits per heavy atom. The largest absolute Gasteiger partial charge is 0.398 e. The Morgan fingerprint density at radius 3 is 2.69 bits per heavy atom. The van der Waals surface area contributed by atoms with Gasteiger partial charge in [-0.1, -0.05) is 12.1 Å². The number of anilines is 1. The van der Waals surface area contributed by atoms with Crippen LogP contribution >= 0.6 is 0 Å². The van der Waals surface area contributed by atoms with Gasteiger partial charge >= 0.3 is 0 Å². The van der Waals surface area contributed by atoms with E-state index in [0.29, 0.717) is 11.5 Å². The molecule has 2 N–H and O–H groups in total. The van der Waals surface area contributed by atoms with E-state index in [1.807, 2.05) is 31.3 Å². The summed E-state index contributed by atoms with van der Waals surface area (Å²) in [6.07, 6.45) is 1.65. The van der Waals surface area contributed by atoms with Gasteiger partial charge in [-0.15, -0.1) is 0 Å². The van der Waals surface area contributed by atoms with E-state index in [1.165, 1.54) is 0 Å². The zero-order valence-corrected chi connectivity index (χ0v) is 7.31. The minimum Gasteiger partial charge on any atom is -0.398 e. The van der Waals surface area contributed by atoms with E-state index < -0.39 is 0 Å². The molecule has 0 aliphatic carbocycles. The molecule has 1 aromatic heterocycles. The molecular formula is C9H10N4. The highest BCUT2D eigenvalue weighted by Crippen LogP contribution is 2.20. The van der Waals surface area contributed by atoms with Crippen LogP contribution in [0.5, 0.6) is 0 Å². The van der Waals surface area contributed by atoms with E-state index in [0.717, 1.165) is 5.56 Å². The molecule has 13 heavy (non-hydrogen) atoms. The molecule has 0 spiro atoms. The summed E-state index contributed by atoms with van der Waals surface area (Å²) in [4.78, 5) is 4.12. The fraction of sp³-hybridized carbons (Fsp3) is 0.111. The number of hydrogen-bond donors (Lipinski definition) is 1. The minimum atomic E-state index is 0.667. The molecule has 0 amide bonds. The fourth-order valence-corrected chi connectivity index (χ4v) is 1.16. The fourth-order valence-electron chi connectivity index (χ4n) is 1.16. The summed E-state index contributed by atoms with van der Waals surface area (Å²) in [6, 6.07) is 7.56. The van der Waals surface area contributed by atoms with E-state index in [4.69, 9.17) is 5.73 Å². The number of nitrogens with zero attached hydrogens (tertiary/aromatic N) is 3. The van der Waals surface area contributed by atoms with Crippen LogP contribution in [0.2, 0.25) is 0 Å². The molecule has 1 aromatic carbocycles. The lowest BCUT2D eigenvalue weighted by atomic mass is 10.2. The van der Waals surface area contributed by atoms with Crippen LogP contribution in [0.1, 0.15) is 0 Å². The Bertz CT molecular complexity index is 419. The molecule has 4 nitrogen and oxygen atoms in total. The van der Waals surface area contributed by atoms with Crippen molar-refractivity contribution in [1.82, 2.24) is 14.8 Å². The van der Waals surface area contributed by atoms with Crippen LogP contribution in [0.15, 0.2) is 30.6 Å². The molecular weight excluding hydrogens is 164 g/mol. The van der Waals surface area contributed by atoms with Crippen molar-refractivity contribution in [2.24, 2.45) is 7.05 Å². The maximum atomic E-state index is 5.77. The molecule has 0 fully saturated rings. The summed E-state index contributed by atoms with van der Waals surface area (Å²) >= 11 is 0. The van der Waals surface area contributed by atoms with E-state index in [9.17, 15) is 0 Å². The van der Waals surface area contributed by atoms with Crippen LogP contribution < -0.4 is 5.73 Å². The highest BCUT2D eigenvalue weighted by molar-refractivity contribution is 5.70. The molecule has 2 rings (SSSR count). The molecule has 0 bridgehead atoms. The zero-order chi connectivity index (χ0) is 9.26. The molecule has 66 valence electrons. The van der Waals surface area contributed by atoms with Gasteiger partial charge in [-0.3, -0.25) is 4.68 Å². The predicted octanol–water partition coefficient (Wildman–Crippen LogP) is 1.06. The number of benzene rings is 1. The molecule has 4 heteroatoms. The molecule has 0 unspecified atom stereocenters. The van der Waals surface area contributed by atoms with Gasteiger partial charge in [0, 0.05) is 18.3 Å². The van der Waals surface area contributed by atoms with Crippen LogP contribution in [0.25, 0.3) is 11.4 Å². The topological polar surface area (TPSA) is 56.7 Å². The SMILES string of the molecule is Cn1cnc(-c2ccccc2N)n1. The predicted molar refractivity (Wildman–Crippen MR) is 50.9 cm³/mol. The second-order valence-corrected chi connectivity index (χ2v) is 2.83. The normalized spacial score (nSPS) is 10.2. The molecule has 0 aliphatic heterocycles. The summed E-state index contributed by atoms with van der Waals surface area (Å²) in [5.41, 5.74) is 7.35. The van der Waals surface area contributed by atoms with E-state index >= 15 is 0 Å². The molecule has 0 radical (unpaired) electrons. The molecule has 0 atom stereocenters. The van der Waals surface area contributed by atoms with Gasteiger partial charge in [0.2, 0.25) is 0 Å². The number of nitrogen functional groups attached to an aromatic ring is 1. The molecule has 0 saturated carbocycles. The van der Waals surface area contributed by atoms with Gasteiger partial charge in [0.05, 0.1) is 0 Å². The van der Waals surface area contributed by atoms with Crippen LogP contribution in [-0.4, -0.2) is 14.8 Å². The van der Waals surface area contributed by atoms with Crippen molar-refractivity contribution in [3.05, 3.63) is 30.6 Å². The third kappa shape index (κ3) is 1.38. The number of aryl methyl sites for hydroxylation is 1. The maximum Gasteiger partial charge on any atom is 0.183 e. The molecule has 1 heterocycles. The third-order valence-corrected chi connectivity index (χ3v) is 1.80. The van der Waals surface area contributed by atoms with E-state index in [-0.39, 0.29) is 0 Å². The second-order valence-electron chi connectivity index (χ2n) is 2.83. The molecule has 0 saturated heterocycles. The average Bonchev–Trinajstić information content (AvgIpc) is 2.53. The lowest BCUT2D eigenvalue weighted by Crippen LogP contribution is -1.92. The Morgan fingerprint density at radius 2 is 2.08 bits per heavy atom. The first kappa shape index (κ1) is 7.79. The summed E-state index contributed by atoms with van der Waals surface area (Å²) < 4.78 is 1.65. The minimum absolute atomic E-state index is 0.667. The van der Waals surface area contributed by atoms with Crippen molar-refractivity contribution in [1.29, 1.82) is 0 Å². The first-order valence-electron chi connectivity index (χ1n) is 3.98. The van der Waals surface area contributed by atoms with Crippen molar-refractivity contribution in [2.75, 3.05) is 5.73 Å². The second kappa shape index (κ2) is 2.90. The van der Waals surface area contributed by atoms with Crippen LogP contribution in [0, 0.1) is 0 Å². The van der Waals surface area contributed by atoms with Gasteiger partial charge in [0.25, 0.3) is 0 Å². The van der Waals surface area contributed by atoms with Crippen LogP contribution in [-0.2, 0) is 7.05 Å². The summed E-state index contributed by atoms with van der Waals surface area (Å²) in [7, 11) is 1.83. The van der Waals surface area contributed by atoms with E-state index in [2.05, 4.69) is 10.1 Å². The number of aromatic nitrogens is 3. The van der Waals surface area contributed by atoms with E-state index in [1.54, 1.807) is 11.0 Å².